The predicted molar refractivity (Wildman–Crippen MR) is 75.4 cm³/mol. The maximum atomic E-state index is 12.0. The molecule has 0 atom stereocenters. The largest absolute Gasteiger partial charge is 0.343 e. The van der Waals surface area contributed by atoms with Crippen LogP contribution in [0, 0.1) is 0 Å². The molecule has 18 heavy (non-hydrogen) atoms. The molecular weight excluding hydrogens is 226 g/mol. The van der Waals surface area contributed by atoms with E-state index in [0.717, 1.165) is 45.4 Å². The molecule has 0 saturated carbocycles. The van der Waals surface area contributed by atoms with Gasteiger partial charge in [0, 0.05) is 25.6 Å². The second-order valence-corrected chi connectivity index (χ2v) is 5.48. The summed E-state index contributed by atoms with van der Waals surface area (Å²) in [6.45, 7) is 6.08. The number of likely N-dealkylation sites (tertiary alicyclic amines) is 1. The first kappa shape index (κ1) is 15.4. The van der Waals surface area contributed by atoms with E-state index < -0.39 is 0 Å². The van der Waals surface area contributed by atoms with Gasteiger partial charge < -0.3 is 15.5 Å². The van der Waals surface area contributed by atoms with Gasteiger partial charge in [0.2, 0.25) is 5.91 Å². The number of carbonyl (C=O) groups is 1. The zero-order chi connectivity index (χ0) is 13.4. The number of hydrogen-bond acceptors (Lipinski definition) is 3. The Morgan fingerprint density at radius 2 is 1.89 bits per heavy atom. The third kappa shape index (κ3) is 5.83. The molecule has 0 spiro atoms. The number of unbranched alkanes of at least 4 members (excludes halogenated alkanes) is 1. The van der Waals surface area contributed by atoms with E-state index in [4.69, 9.17) is 5.73 Å². The molecule has 0 aromatic rings. The highest BCUT2D eigenvalue weighted by Gasteiger charge is 2.19. The first-order valence-electron chi connectivity index (χ1n) is 7.35. The predicted octanol–water partition coefficient (Wildman–Crippen LogP) is 1.45. The number of rotatable bonds is 7. The molecule has 0 unspecified atom stereocenters. The summed E-state index contributed by atoms with van der Waals surface area (Å²) in [6, 6.07) is 0.300. The molecule has 4 heteroatoms. The Kier molecular flexibility index (Phi) is 7.28. The van der Waals surface area contributed by atoms with Crippen LogP contribution in [0.1, 0.15) is 45.4 Å². The highest BCUT2D eigenvalue weighted by Crippen LogP contribution is 2.10. The third-order valence-corrected chi connectivity index (χ3v) is 3.72. The molecule has 0 radical (unpaired) electrons. The Morgan fingerprint density at radius 1 is 1.28 bits per heavy atom. The fourth-order valence-corrected chi connectivity index (χ4v) is 2.35. The molecule has 106 valence electrons. The first-order valence-corrected chi connectivity index (χ1v) is 7.35. The van der Waals surface area contributed by atoms with Crippen molar-refractivity contribution >= 4 is 5.91 Å². The van der Waals surface area contributed by atoms with Crippen molar-refractivity contribution in [3.63, 3.8) is 0 Å². The Morgan fingerprint density at radius 3 is 2.50 bits per heavy atom. The topological polar surface area (TPSA) is 49.6 Å². The highest BCUT2D eigenvalue weighted by molar-refractivity contribution is 5.76. The minimum absolute atomic E-state index is 0.300. The van der Waals surface area contributed by atoms with Gasteiger partial charge in [-0.05, 0) is 45.8 Å². The second-order valence-electron chi connectivity index (χ2n) is 5.48. The molecule has 0 bridgehead atoms. The van der Waals surface area contributed by atoms with Gasteiger partial charge in [-0.1, -0.05) is 13.3 Å². The minimum Gasteiger partial charge on any atom is -0.343 e. The summed E-state index contributed by atoms with van der Waals surface area (Å²) in [5, 5.41) is 0. The Bertz CT molecular complexity index is 237. The quantitative estimate of drug-likeness (QED) is 0.749. The number of nitrogens with zero attached hydrogens (tertiary/aromatic N) is 2. The molecule has 1 saturated heterocycles. The number of amides is 1. The molecule has 4 nitrogen and oxygen atoms in total. The normalized spacial score (nSPS) is 17.4. The van der Waals surface area contributed by atoms with Crippen LogP contribution in [0.2, 0.25) is 0 Å². The van der Waals surface area contributed by atoms with Crippen molar-refractivity contribution in [1.29, 1.82) is 0 Å². The molecule has 1 fully saturated rings. The second kappa shape index (κ2) is 8.48. The summed E-state index contributed by atoms with van der Waals surface area (Å²) >= 11 is 0. The molecule has 0 aliphatic carbocycles. The van der Waals surface area contributed by atoms with E-state index in [1.807, 2.05) is 4.90 Å². The van der Waals surface area contributed by atoms with Gasteiger partial charge in [-0.3, -0.25) is 4.79 Å². The lowest BCUT2D eigenvalue weighted by Gasteiger charge is -2.30. The highest BCUT2D eigenvalue weighted by atomic mass is 16.2. The van der Waals surface area contributed by atoms with E-state index in [2.05, 4.69) is 18.9 Å². The lowest BCUT2D eigenvalue weighted by molar-refractivity contribution is -0.132. The maximum absolute atomic E-state index is 12.0. The zero-order valence-corrected chi connectivity index (χ0v) is 12.0. The smallest absolute Gasteiger partial charge is 0.222 e. The van der Waals surface area contributed by atoms with Crippen LogP contribution in [-0.2, 0) is 4.79 Å². The van der Waals surface area contributed by atoms with E-state index in [1.54, 1.807) is 0 Å². The molecule has 1 aliphatic heterocycles. The van der Waals surface area contributed by atoms with E-state index in [-0.39, 0.29) is 0 Å². The van der Waals surface area contributed by atoms with Gasteiger partial charge in [-0.2, -0.15) is 0 Å². The molecular formula is C14H29N3O. The zero-order valence-electron chi connectivity index (χ0n) is 12.0. The van der Waals surface area contributed by atoms with Crippen LogP contribution in [0.25, 0.3) is 0 Å². The van der Waals surface area contributed by atoms with Gasteiger partial charge in [-0.15, -0.1) is 0 Å². The molecule has 1 heterocycles. The number of piperidine rings is 1. The van der Waals surface area contributed by atoms with Crippen LogP contribution in [0.4, 0.5) is 0 Å². The van der Waals surface area contributed by atoms with Crippen LogP contribution >= 0.6 is 0 Å². The van der Waals surface area contributed by atoms with E-state index in [9.17, 15) is 4.79 Å². The number of hydrogen-bond donors (Lipinski definition) is 1. The maximum Gasteiger partial charge on any atom is 0.222 e. The van der Waals surface area contributed by atoms with E-state index in [1.165, 1.54) is 12.8 Å². The molecule has 1 amide bonds. The van der Waals surface area contributed by atoms with Crippen molar-refractivity contribution in [2.45, 2.75) is 51.5 Å². The average Bonchev–Trinajstić information content (AvgIpc) is 2.37. The summed E-state index contributed by atoms with van der Waals surface area (Å²) in [5.41, 5.74) is 5.84. The summed E-state index contributed by atoms with van der Waals surface area (Å²) in [4.78, 5) is 16.3. The van der Waals surface area contributed by atoms with Crippen LogP contribution in [-0.4, -0.2) is 55.0 Å². The van der Waals surface area contributed by atoms with Crippen LogP contribution in [0.5, 0.6) is 0 Å². The first-order chi connectivity index (χ1) is 8.63. The van der Waals surface area contributed by atoms with Gasteiger partial charge in [0.25, 0.3) is 0 Å². The van der Waals surface area contributed by atoms with E-state index >= 15 is 0 Å². The summed E-state index contributed by atoms with van der Waals surface area (Å²) in [6.07, 6.45) is 6.06. The van der Waals surface area contributed by atoms with E-state index in [0.29, 0.717) is 18.4 Å². The van der Waals surface area contributed by atoms with Crippen LogP contribution in [0.15, 0.2) is 0 Å². The van der Waals surface area contributed by atoms with Crippen LogP contribution in [0.3, 0.4) is 0 Å². The fourth-order valence-electron chi connectivity index (χ4n) is 2.35. The summed E-state index contributed by atoms with van der Waals surface area (Å²) in [5.74, 6) is 0.311. The minimum atomic E-state index is 0.300. The van der Waals surface area contributed by atoms with Crippen molar-refractivity contribution in [1.82, 2.24) is 9.80 Å². The SMILES string of the molecule is CCCCN(C)CCCC(=O)N1CCC(N)CC1. The van der Waals surface area contributed by atoms with Crippen molar-refractivity contribution in [3.8, 4) is 0 Å². The molecule has 1 rings (SSSR count). The van der Waals surface area contributed by atoms with Crippen LogP contribution < -0.4 is 5.73 Å². The van der Waals surface area contributed by atoms with Gasteiger partial charge >= 0.3 is 0 Å². The number of carbonyl (C=O) groups excluding carboxylic acids is 1. The average molecular weight is 255 g/mol. The van der Waals surface area contributed by atoms with Crippen molar-refractivity contribution in [3.05, 3.63) is 0 Å². The summed E-state index contributed by atoms with van der Waals surface area (Å²) in [7, 11) is 2.14. The lowest BCUT2D eigenvalue weighted by Crippen LogP contribution is -2.42. The Labute approximate surface area is 111 Å². The van der Waals surface area contributed by atoms with Gasteiger partial charge in [0.15, 0.2) is 0 Å². The van der Waals surface area contributed by atoms with Gasteiger partial charge in [0.05, 0.1) is 0 Å². The van der Waals surface area contributed by atoms with Crippen molar-refractivity contribution in [2.24, 2.45) is 5.73 Å². The van der Waals surface area contributed by atoms with Crippen molar-refractivity contribution in [2.75, 3.05) is 33.2 Å². The number of nitrogens with two attached hydrogens (primary N) is 1. The van der Waals surface area contributed by atoms with Gasteiger partial charge in [-0.25, -0.2) is 0 Å². The standard InChI is InChI=1S/C14H29N3O/c1-3-4-9-16(2)10-5-6-14(18)17-11-7-13(15)8-12-17/h13H,3-12,15H2,1-2H3. The Hall–Kier alpha value is -0.610. The molecule has 2 N–H and O–H groups in total. The van der Waals surface area contributed by atoms with Gasteiger partial charge in [0.1, 0.15) is 0 Å². The van der Waals surface area contributed by atoms with Crippen molar-refractivity contribution < 1.29 is 4.79 Å². The summed E-state index contributed by atoms with van der Waals surface area (Å²) < 4.78 is 0. The monoisotopic (exact) mass is 255 g/mol. The molecule has 0 aromatic heterocycles. The lowest BCUT2D eigenvalue weighted by atomic mass is 10.1. The fraction of sp³-hybridized carbons (Fsp3) is 0.929. The molecule has 0 aromatic carbocycles. The molecule has 1 aliphatic rings. The Balaban J connectivity index is 2.09. The third-order valence-electron chi connectivity index (χ3n) is 3.72.